The lowest BCUT2D eigenvalue weighted by atomic mass is 9.89. The molecular formula is C22H25N5S. The van der Waals surface area contributed by atoms with Gasteiger partial charge in [-0.25, -0.2) is 14.6 Å². The maximum Gasteiger partial charge on any atom is 0.190 e. The van der Waals surface area contributed by atoms with Gasteiger partial charge in [0.1, 0.15) is 12.7 Å². The Bertz CT molecular complexity index is 986. The van der Waals surface area contributed by atoms with Crippen LogP contribution in [0.5, 0.6) is 0 Å². The molecule has 144 valence electrons. The van der Waals surface area contributed by atoms with Crippen LogP contribution in [0.1, 0.15) is 38.3 Å². The van der Waals surface area contributed by atoms with Crippen LogP contribution in [-0.2, 0) is 0 Å². The molecule has 2 aromatic heterocycles. The van der Waals surface area contributed by atoms with Gasteiger partial charge >= 0.3 is 0 Å². The number of nitrogens with zero attached hydrogens (tertiary/aromatic N) is 5. The van der Waals surface area contributed by atoms with Crippen LogP contribution < -0.4 is 4.90 Å². The van der Waals surface area contributed by atoms with Gasteiger partial charge in [-0.15, -0.1) is 0 Å². The van der Waals surface area contributed by atoms with Crippen LogP contribution >= 0.6 is 11.3 Å². The van der Waals surface area contributed by atoms with Gasteiger partial charge in [-0.05, 0) is 35.7 Å². The van der Waals surface area contributed by atoms with Gasteiger partial charge in [0.25, 0.3) is 0 Å². The van der Waals surface area contributed by atoms with Crippen molar-refractivity contribution in [3.05, 3.63) is 66.7 Å². The minimum Gasteiger partial charge on any atom is -0.321 e. The predicted molar refractivity (Wildman–Crippen MR) is 116 cm³/mol. The van der Waals surface area contributed by atoms with E-state index in [0.717, 1.165) is 29.2 Å². The number of aromatic nitrogens is 4. The summed E-state index contributed by atoms with van der Waals surface area (Å²) in [5.41, 5.74) is 3.44. The summed E-state index contributed by atoms with van der Waals surface area (Å²) in [6.07, 6.45) is 5.65. The molecule has 0 fully saturated rings. The molecule has 6 heteroatoms. The molecule has 0 aliphatic carbocycles. The van der Waals surface area contributed by atoms with Gasteiger partial charge in [0, 0.05) is 12.7 Å². The summed E-state index contributed by atoms with van der Waals surface area (Å²) in [4.78, 5) is 11.1. The van der Waals surface area contributed by atoms with Crippen molar-refractivity contribution >= 4 is 32.4 Å². The molecule has 0 saturated heterocycles. The van der Waals surface area contributed by atoms with Crippen molar-refractivity contribution in [1.82, 2.24) is 19.7 Å². The minimum atomic E-state index is 0.208. The Balaban J connectivity index is 1.63. The second-order valence-electron chi connectivity index (χ2n) is 7.01. The van der Waals surface area contributed by atoms with Crippen LogP contribution in [0.3, 0.4) is 0 Å². The zero-order valence-corrected chi connectivity index (χ0v) is 17.3. The number of anilines is 2. The van der Waals surface area contributed by atoms with Crippen LogP contribution in [0.2, 0.25) is 0 Å². The molecule has 0 aliphatic rings. The van der Waals surface area contributed by atoms with E-state index in [9.17, 15) is 0 Å². The summed E-state index contributed by atoms with van der Waals surface area (Å²) in [5.74, 6) is 0.523. The van der Waals surface area contributed by atoms with E-state index in [1.54, 1.807) is 17.7 Å². The monoisotopic (exact) mass is 391 g/mol. The first kappa shape index (κ1) is 18.6. The van der Waals surface area contributed by atoms with Crippen molar-refractivity contribution in [3.8, 4) is 0 Å². The van der Waals surface area contributed by atoms with E-state index in [1.165, 1.54) is 10.3 Å². The predicted octanol–water partition coefficient (Wildman–Crippen LogP) is 5.68. The number of fused-ring (bicyclic) bond motifs is 1. The van der Waals surface area contributed by atoms with Crippen molar-refractivity contribution in [2.75, 3.05) is 11.9 Å². The fraction of sp³-hybridized carbons (Fsp3) is 0.318. The van der Waals surface area contributed by atoms with E-state index < -0.39 is 0 Å². The smallest absolute Gasteiger partial charge is 0.190 e. The molecule has 5 nitrogen and oxygen atoms in total. The van der Waals surface area contributed by atoms with Gasteiger partial charge in [-0.2, -0.15) is 5.10 Å². The first-order chi connectivity index (χ1) is 13.7. The summed E-state index contributed by atoms with van der Waals surface area (Å²) >= 11 is 1.71. The van der Waals surface area contributed by atoms with Crippen LogP contribution in [0, 0.1) is 5.92 Å². The zero-order valence-electron chi connectivity index (χ0n) is 16.5. The molecule has 1 atom stereocenters. The Morgan fingerprint density at radius 1 is 1.04 bits per heavy atom. The van der Waals surface area contributed by atoms with Gasteiger partial charge in [0.15, 0.2) is 5.13 Å². The summed E-state index contributed by atoms with van der Waals surface area (Å²) in [6.45, 7) is 4.49. The highest BCUT2D eigenvalue weighted by Gasteiger charge is 2.23. The lowest BCUT2D eigenvalue weighted by molar-refractivity contribution is 0.332. The summed E-state index contributed by atoms with van der Waals surface area (Å²) in [5, 5.41) is 5.43. The number of rotatable bonds is 7. The molecule has 1 unspecified atom stereocenters. The van der Waals surface area contributed by atoms with E-state index in [2.05, 4.69) is 78.3 Å². The van der Waals surface area contributed by atoms with Gasteiger partial charge < -0.3 is 4.90 Å². The van der Waals surface area contributed by atoms with Gasteiger partial charge in [-0.1, -0.05) is 62.3 Å². The maximum atomic E-state index is 4.76. The third-order valence-electron chi connectivity index (χ3n) is 5.41. The average Bonchev–Trinajstić information content (AvgIpc) is 3.41. The second kappa shape index (κ2) is 8.10. The highest BCUT2D eigenvalue weighted by Crippen LogP contribution is 2.35. The van der Waals surface area contributed by atoms with Gasteiger partial charge in [0.2, 0.25) is 0 Å². The Morgan fingerprint density at radius 3 is 2.43 bits per heavy atom. The standard InChI is InChI=1S/C22H25N5S/c1-4-16(5-2)21(27-15-23-14-24-27)17-10-12-18(13-11-17)26(3)22-25-19-8-6-7-9-20(19)28-22/h6-16,21H,4-5H2,1-3H3. The molecule has 28 heavy (non-hydrogen) atoms. The lowest BCUT2D eigenvalue weighted by Crippen LogP contribution is -2.20. The van der Waals surface area contributed by atoms with Gasteiger partial charge in [-0.3, -0.25) is 0 Å². The number of hydrogen-bond acceptors (Lipinski definition) is 5. The topological polar surface area (TPSA) is 46.8 Å². The first-order valence-corrected chi connectivity index (χ1v) is 10.6. The zero-order chi connectivity index (χ0) is 19.5. The van der Waals surface area contributed by atoms with E-state index in [0.29, 0.717) is 5.92 Å². The Hall–Kier alpha value is -2.73. The number of benzene rings is 2. The molecule has 4 aromatic rings. The van der Waals surface area contributed by atoms with Crippen molar-refractivity contribution in [2.45, 2.75) is 32.7 Å². The summed E-state index contributed by atoms with van der Waals surface area (Å²) < 4.78 is 3.20. The molecule has 0 aliphatic heterocycles. The highest BCUT2D eigenvalue weighted by molar-refractivity contribution is 7.22. The largest absolute Gasteiger partial charge is 0.321 e. The van der Waals surface area contributed by atoms with Crippen LogP contribution in [0.15, 0.2) is 61.2 Å². The SMILES string of the molecule is CCC(CC)C(c1ccc(N(C)c2nc3ccccc3s2)cc1)n1cncn1. The number of thiazole rings is 1. The van der Waals surface area contributed by atoms with E-state index in [1.807, 2.05) is 17.1 Å². The summed E-state index contributed by atoms with van der Waals surface area (Å²) in [7, 11) is 2.07. The molecule has 0 amide bonds. The molecule has 2 heterocycles. The van der Waals surface area contributed by atoms with E-state index in [-0.39, 0.29) is 6.04 Å². The Labute approximate surface area is 169 Å². The fourth-order valence-corrected chi connectivity index (χ4v) is 4.69. The maximum absolute atomic E-state index is 4.76. The van der Waals surface area contributed by atoms with Crippen LogP contribution in [0.4, 0.5) is 10.8 Å². The molecule has 0 saturated carbocycles. The first-order valence-electron chi connectivity index (χ1n) is 9.74. The van der Waals surface area contributed by atoms with Crippen molar-refractivity contribution in [3.63, 3.8) is 0 Å². The van der Waals surface area contributed by atoms with Gasteiger partial charge in [0.05, 0.1) is 16.3 Å². The quantitative estimate of drug-likeness (QED) is 0.406. The Morgan fingerprint density at radius 2 is 1.79 bits per heavy atom. The average molecular weight is 392 g/mol. The second-order valence-corrected chi connectivity index (χ2v) is 8.02. The normalized spacial score (nSPS) is 12.6. The fourth-order valence-electron chi connectivity index (χ4n) is 3.75. The molecule has 0 spiro atoms. The lowest BCUT2D eigenvalue weighted by Gasteiger charge is -2.26. The summed E-state index contributed by atoms with van der Waals surface area (Å²) in [6, 6.07) is 17.2. The Kier molecular flexibility index (Phi) is 5.39. The van der Waals surface area contributed by atoms with E-state index in [4.69, 9.17) is 4.98 Å². The van der Waals surface area contributed by atoms with Crippen molar-refractivity contribution in [1.29, 1.82) is 0 Å². The third kappa shape index (κ3) is 3.52. The highest BCUT2D eigenvalue weighted by atomic mass is 32.1. The minimum absolute atomic E-state index is 0.208. The van der Waals surface area contributed by atoms with Crippen LogP contribution in [-0.4, -0.2) is 26.8 Å². The van der Waals surface area contributed by atoms with Crippen LogP contribution in [0.25, 0.3) is 10.2 Å². The molecule has 2 aromatic carbocycles. The molecule has 0 bridgehead atoms. The molecule has 0 radical (unpaired) electrons. The van der Waals surface area contributed by atoms with E-state index >= 15 is 0 Å². The van der Waals surface area contributed by atoms with Crippen molar-refractivity contribution < 1.29 is 0 Å². The molecular weight excluding hydrogens is 366 g/mol. The third-order valence-corrected chi connectivity index (χ3v) is 6.52. The molecule has 4 rings (SSSR count). The number of para-hydroxylation sites is 1. The molecule has 0 N–H and O–H groups in total. The number of hydrogen-bond donors (Lipinski definition) is 0. The van der Waals surface area contributed by atoms with Crippen molar-refractivity contribution in [2.24, 2.45) is 5.92 Å².